The third-order valence-electron chi connectivity index (χ3n) is 2.98. The van der Waals surface area contributed by atoms with Crippen molar-refractivity contribution in [2.75, 3.05) is 0 Å². The number of aliphatic carboxylic acids is 2. The van der Waals surface area contributed by atoms with E-state index in [0.717, 1.165) is 16.7 Å². The number of carboxylic acids is 2. The molecule has 120 valence electrons. The van der Waals surface area contributed by atoms with E-state index in [1.165, 1.54) is 24.3 Å². The molecule has 0 radical (unpaired) electrons. The molecule has 6 nitrogen and oxygen atoms in total. The molecule has 2 rings (SSSR count). The summed E-state index contributed by atoms with van der Waals surface area (Å²) in [7, 11) is 0. The molecule has 9 heteroatoms. The molecule has 0 saturated carbocycles. The van der Waals surface area contributed by atoms with Crippen LogP contribution in [0.4, 0.5) is 4.39 Å². The first-order valence-corrected chi connectivity index (χ1v) is 7.50. The fraction of sp³-hybridized carbons (Fsp3) is 0.143. The second-order valence-corrected chi connectivity index (χ2v) is 6.20. The van der Waals surface area contributed by atoms with Crippen LogP contribution in [-0.4, -0.2) is 43.3 Å². The molecule has 1 aliphatic rings. The van der Waals surface area contributed by atoms with Crippen molar-refractivity contribution in [1.82, 2.24) is 4.90 Å². The largest absolute Gasteiger partial charge is 0.481 e. The molecule has 1 atom stereocenters. The molecule has 1 aromatic rings. The molecule has 0 spiro atoms. The highest BCUT2D eigenvalue weighted by atomic mass is 32.2. The van der Waals surface area contributed by atoms with Gasteiger partial charge in [-0.25, -0.2) is 9.18 Å². The molecule has 1 amide bonds. The number of carbonyl (C=O) groups is 3. The summed E-state index contributed by atoms with van der Waals surface area (Å²) >= 11 is 5.77. The summed E-state index contributed by atoms with van der Waals surface area (Å²) in [5.41, 5.74) is 0.151. The summed E-state index contributed by atoms with van der Waals surface area (Å²) < 4.78 is 13.6. The second kappa shape index (κ2) is 6.88. The number of nitrogens with zero attached hydrogens (tertiary/aromatic N) is 1. The van der Waals surface area contributed by atoms with E-state index in [9.17, 15) is 18.8 Å². The maximum Gasteiger partial charge on any atom is 0.327 e. The van der Waals surface area contributed by atoms with Gasteiger partial charge in [0.25, 0.3) is 5.91 Å². The lowest BCUT2D eigenvalue weighted by Gasteiger charge is -2.21. The first kappa shape index (κ1) is 17.1. The number of amides is 1. The van der Waals surface area contributed by atoms with E-state index in [2.05, 4.69) is 0 Å². The Morgan fingerprint density at radius 3 is 2.57 bits per heavy atom. The smallest absolute Gasteiger partial charge is 0.327 e. The molecule has 1 saturated heterocycles. The fourth-order valence-corrected chi connectivity index (χ4v) is 3.28. The van der Waals surface area contributed by atoms with Gasteiger partial charge in [-0.2, -0.15) is 0 Å². The number of carboxylic acid groups (broad SMARTS) is 2. The number of rotatable bonds is 5. The molecule has 1 aliphatic heterocycles. The third-order valence-corrected chi connectivity index (χ3v) is 4.31. The molecule has 23 heavy (non-hydrogen) atoms. The Morgan fingerprint density at radius 2 is 2.00 bits per heavy atom. The molecule has 0 unspecified atom stereocenters. The van der Waals surface area contributed by atoms with E-state index in [0.29, 0.717) is 0 Å². The fourth-order valence-electron chi connectivity index (χ4n) is 1.94. The van der Waals surface area contributed by atoms with Gasteiger partial charge in [0.15, 0.2) is 0 Å². The minimum atomic E-state index is -1.61. The van der Waals surface area contributed by atoms with Crippen molar-refractivity contribution >= 4 is 52.2 Å². The van der Waals surface area contributed by atoms with Crippen LogP contribution in [-0.2, 0) is 14.4 Å². The Balaban J connectivity index is 2.34. The highest BCUT2D eigenvalue weighted by molar-refractivity contribution is 8.26. The van der Waals surface area contributed by atoms with Gasteiger partial charge in [0.05, 0.1) is 11.3 Å². The Labute approximate surface area is 139 Å². The lowest BCUT2D eigenvalue weighted by molar-refractivity contribution is -0.150. The summed E-state index contributed by atoms with van der Waals surface area (Å²) in [6, 6.07) is 4.14. The third kappa shape index (κ3) is 3.74. The maximum absolute atomic E-state index is 13.6. The van der Waals surface area contributed by atoms with Crippen LogP contribution in [0.3, 0.4) is 0 Å². The van der Waals surface area contributed by atoms with Gasteiger partial charge in [0.2, 0.25) is 0 Å². The maximum atomic E-state index is 13.6. The number of thiocarbonyl (C=S) groups is 1. The van der Waals surface area contributed by atoms with Crippen LogP contribution in [0.5, 0.6) is 0 Å². The Morgan fingerprint density at radius 1 is 1.35 bits per heavy atom. The van der Waals surface area contributed by atoms with Gasteiger partial charge in [0, 0.05) is 5.56 Å². The van der Waals surface area contributed by atoms with Gasteiger partial charge in [-0.05, 0) is 12.1 Å². The van der Waals surface area contributed by atoms with Crippen LogP contribution in [0.1, 0.15) is 12.0 Å². The van der Waals surface area contributed by atoms with E-state index in [1.54, 1.807) is 6.07 Å². The van der Waals surface area contributed by atoms with E-state index in [4.69, 9.17) is 22.4 Å². The van der Waals surface area contributed by atoms with Gasteiger partial charge in [-0.15, -0.1) is 0 Å². The molecule has 2 N–H and O–H groups in total. The van der Waals surface area contributed by atoms with Crippen LogP contribution in [0.2, 0.25) is 0 Å². The summed E-state index contributed by atoms with van der Waals surface area (Å²) in [5, 5.41) is 17.9. The molecule has 0 bridgehead atoms. The summed E-state index contributed by atoms with van der Waals surface area (Å²) in [5.74, 6) is -4.14. The Bertz CT molecular complexity index is 734. The molecular formula is C14H10FNO5S2. The molecule has 1 fully saturated rings. The lowest BCUT2D eigenvalue weighted by Crippen LogP contribution is -2.45. The first-order chi connectivity index (χ1) is 10.8. The average molecular weight is 355 g/mol. The molecule has 0 aliphatic carbocycles. The zero-order chi connectivity index (χ0) is 17.1. The summed E-state index contributed by atoms with van der Waals surface area (Å²) in [6.45, 7) is 0. The van der Waals surface area contributed by atoms with Gasteiger partial charge in [-0.3, -0.25) is 14.5 Å². The average Bonchev–Trinajstić information content (AvgIpc) is 2.73. The number of thioether (sulfide) groups is 1. The van der Waals surface area contributed by atoms with Crippen molar-refractivity contribution < 1.29 is 29.0 Å². The van der Waals surface area contributed by atoms with Crippen LogP contribution in [0.25, 0.3) is 6.08 Å². The van der Waals surface area contributed by atoms with Crippen molar-refractivity contribution in [3.63, 3.8) is 0 Å². The molecular weight excluding hydrogens is 345 g/mol. The van der Waals surface area contributed by atoms with Crippen LogP contribution in [0, 0.1) is 5.82 Å². The van der Waals surface area contributed by atoms with Crippen LogP contribution in [0.15, 0.2) is 29.2 Å². The number of carbonyl (C=O) groups excluding carboxylic acids is 1. The van der Waals surface area contributed by atoms with Crippen molar-refractivity contribution in [2.45, 2.75) is 12.5 Å². The first-order valence-electron chi connectivity index (χ1n) is 6.27. The summed E-state index contributed by atoms with van der Waals surface area (Å²) in [6.07, 6.45) is 0.475. The number of hydrogen-bond donors (Lipinski definition) is 2. The lowest BCUT2D eigenvalue weighted by atomic mass is 10.1. The zero-order valence-corrected chi connectivity index (χ0v) is 13.1. The standard InChI is InChI=1S/C14H10FNO5S2/c15-8-4-2-1-3-7(8)5-10-12(19)16(14(22)23-10)9(13(20)21)6-11(17)18/h1-5,9H,6H2,(H,17,18)(H,20,21)/b10-5+/t9-/m0/s1. The Kier molecular flexibility index (Phi) is 5.12. The normalized spacial score (nSPS) is 17.6. The topological polar surface area (TPSA) is 94.9 Å². The van der Waals surface area contributed by atoms with E-state index in [1.807, 2.05) is 0 Å². The zero-order valence-electron chi connectivity index (χ0n) is 11.4. The van der Waals surface area contributed by atoms with Crippen molar-refractivity contribution in [1.29, 1.82) is 0 Å². The van der Waals surface area contributed by atoms with Gasteiger partial charge >= 0.3 is 11.9 Å². The van der Waals surface area contributed by atoms with Gasteiger partial charge in [-0.1, -0.05) is 42.2 Å². The Hall–Kier alpha value is -2.26. The predicted molar refractivity (Wildman–Crippen MR) is 85.1 cm³/mol. The number of halogens is 1. The molecule has 1 aromatic carbocycles. The molecule has 0 aromatic heterocycles. The van der Waals surface area contributed by atoms with Crippen molar-refractivity contribution in [2.24, 2.45) is 0 Å². The quantitative estimate of drug-likeness (QED) is 0.616. The highest BCUT2D eigenvalue weighted by Gasteiger charge is 2.41. The minimum Gasteiger partial charge on any atom is -0.481 e. The van der Waals surface area contributed by atoms with E-state index in [-0.39, 0.29) is 14.8 Å². The van der Waals surface area contributed by atoms with Crippen molar-refractivity contribution in [3.8, 4) is 0 Å². The summed E-state index contributed by atoms with van der Waals surface area (Å²) in [4.78, 5) is 35.1. The van der Waals surface area contributed by atoms with Crippen LogP contribution >= 0.6 is 24.0 Å². The SMILES string of the molecule is O=C(O)C[C@@H](C(=O)O)N1C(=O)/C(=C\c2ccccc2F)SC1=S. The molecule has 1 heterocycles. The van der Waals surface area contributed by atoms with E-state index < -0.39 is 36.1 Å². The number of hydrogen-bond acceptors (Lipinski definition) is 5. The van der Waals surface area contributed by atoms with Crippen molar-refractivity contribution in [3.05, 3.63) is 40.6 Å². The van der Waals surface area contributed by atoms with Crippen LogP contribution < -0.4 is 0 Å². The second-order valence-electron chi connectivity index (χ2n) is 4.53. The highest BCUT2D eigenvalue weighted by Crippen LogP contribution is 2.34. The predicted octanol–water partition coefficient (Wildman–Crippen LogP) is 1.95. The minimum absolute atomic E-state index is 0.0386. The number of benzene rings is 1. The monoisotopic (exact) mass is 355 g/mol. The van der Waals surface area contributed by atoms with Gasteiger partial charge in [0.1, 0.15) is 16.2 Å². The van der Waals surface area contributed by atoms with E-state index >= 15 is 0 Å². The van der Waals surface area contributed by atoms with Gasteiger partial charge < -0.3 is 10.2 Å².